The number of hydrogen-bond acceptors (Lipinski definition) is 6. The molecule has 1 aromatic rings. The van der Waals surface area contributed by atoms with Crippen molar-refractivity contribution in [3.63, 3.8) is 0 Å². The fourth-order valence-electron chi connectivity index (χ4n) is 3.15. The minimum absolute atomic E-state index is 0.0611. The Kier molecular flexibility index (Phi) is 6.53. The van der Waals surface area contributed by atoms with Crippen molar-refractivity contribution in [3.8, 4) is 0 Å². The normalized spacial score (nSPS) is 20.0. The van der Waals surface area contributed by atoms with Crippen molar-refractivity contribution in [1.82, 2.24) is 14.9 Å². The molecule has 1 aromatic carbocycles. The molecule has 29 heavy (non-hydrogen) atoms. The molecule has 2 aliphatic rings. The molecule has 0 unspecified atom stereocenters. The average molecular weight is 423 g/mol. The van der Waals surface area contributed by atoms with E-state index in [1.165, 1.54) is 28.6 Å². The third-order valence-corrected chi connectivity index (χ3v) is 6.97. The van der Waals surface area contributed by atoms with Crippen molar-refractivity contribution >= 4 is 27.9 Å². The van der Waals surface area contributed by atoms with Crippen LogP contribution in [0.5, 0.6) is 0 Å². The van der Waals surface area contributed by atoms with Gasteiger partial charge in [0.2, 0.25) is 10.0 Å². The van der Waals surface area contributed by atoms with E-state index in [9.17, 15) is 22.8 Å². The zero-order valence-electron chi connectivity index (χ0n) is 16.2. The van der Waals surface area contributed by atoms with Gasteiger partial charge < -0.3 is 10.1 Å². The van der Waals surface area contributed by atoms with Crippen LogP contribution in [0.25, 0.3) is 0 Å². The molecule has 0 radical (unpaired) electrons. The van der Waals surface area contributed by atoms with E-state index < -0.39 is 34.5 Å². The predicted octanol–water partition coefficient (Wildman–Crippen LogP) is 1.39. The molecular formula is C19H25N3O6S. The smallest absolute Gasteiger partial charge is 0.338 e. The van der Waals surface area contributed by atoms with Crippen molar-refractivity contribution in [2.45, 2.75) is 56.0 Å². The van der Waals surface area contributed by atoms with Crippen molar-refractivity contribution < 1.29 is 27.5 Å². The SMILES string of the molecule is C[C@@H]1CCCCN1S(=O)(=O)c1ccc(C(=O)OCC(=O)NC(=O)NC2CC2)cc1. The molecule has 1 heterocycles. The van der Waals surface area contributed by atoms with Crippen LogP contribution in [0.15, 0.2) is 29.2 Å². The van der Waals surface area contributed by atoms with Gasteiger partial charge in [0, 0.05) is 18.6 Å². The second kappa shape index (κ2) is 8.91. The maximum absolute atomic E-state index is 12.8. The molecule has 10 heteroatoms. The van der Waals surface area contributed by atoms with Gasteiger partial charge in [-0.15, -0.1) is 0 Å². The predicted molar refractivity (Wildman–Crippen MR) is 104 cm³/mol. The first-order valence-electron chi connectivity index (χ1n) is 9.67. The van der Waals surface area contributed by atoms with Gasteiger partial charge in [-0.3, -0.25) is 10.1 Å². The first-order valence-corrected chi connectivity index (χ1v) is 11.1. The molecule has 3 rings (SSSR count). The zero-order chi connectivity index (χ0) is 21.0. The van der Waals surface area contributed by atoms with E-state index in [-0.39, 0.29) is 22.5 Å². The van der Waals surface area contributed by atoms with E-state index in [0.717, 1.165) is 32.1 Å². The van der Waals surface area contributed by atoms with Crippen LogP contribution in [0.3, 0.4) is 0 Å². The number of urea groups is 1. The number of carbonyl (C=O) groups is 3. The molecule has 1 atom stereocenters. The Labute approximate surface area is 169 Å². The Morgan fingerprint density at radius 1 is 1.10 bits per heavy atom. The van der Waals surface area contributed by atoms with Crippen LogP contribution < -0.4 is 10.6 Å². The highest BCUT2D eigenvalue weighted by molar-refractivity contribution is 7.89. The van der Waals surface area contributed by atoms with Crippen LogP contribution in [-0.4, -0.2) is 55.9 Å². The molecule has 2 fully saturated rings. The number of amides is 3. The summed E-state index contributed by atoms with van der Waals surface area (Å²) in [6.45, 7) is 1.76. The Hall–Kier alpha value is -2.46. The van der Waals surface area contributed by atoms with Gasteiger partial charge in [0.15, 0.2) is 6.61 Å². The van der Waals surface area contributed by atoms with Gasteiger partial charge >= 0.3 is 12.0 Å². The lowest BCUT2D eigenvalue weighted by atomic mass is 10.1. The number of esters is 1. The number of nitrogens with zero attached hydrogens (tertiary/aromatic N) is 1. The Morgan fingerprint density at radius 2 is 1.79 bits per heavy atom. The van der Waals surface area contributed by atoms with E-state index in [2.05, 4.69) is 10.6 Å². The van der Waals surface area contributed by atoms with Crippen LogP contribution in [0.2, 0.25) is 0 Å². The highest BCUT2D eigenvalue weighted by atomic mass is 32.2. The summed E-state index contributed by atoms with van der Waals surface area (Å²) in [6, 6.07) is 4.84. The second-order valence-corrected chi connectivity index (χ2v) is 9.25. The van der Waals surface area contributed by atoms with E-state index in [1.54, 1.807) is 0 Å². The van der Waals surface area contributed by atoms with E-state index >= 15 is 0 Å². The lowest BCUT2D eigenvalue weighted by Crippen LogP contribution is -2.42. The third kappa shape index (κ3) is 5.54. The monoisotopic (exact) mass is 423 g/mol. The minimum Gasteiger partial charge on any atom is -0.452 e. The summed E-state index contributed by atoms with van der Waals surface area (Å²) < 4.78 is 32.0. The molecule has 0 aromatic heterocycles. The molecule has 1 saturated heterocycles. The highest BCUT2D eigenvalue weighted by Crippen LogP contribution is 2.25. The summed E-state index contributed by atoms with van der Waals surface area (Å²) in [5, 5.41) is 4.66. The van der Waals surface area contributed by atoms with E-state index in [1.807, 2.05) is 6.92 Å². The summed E-state index contributed by atoms with van der Waals surface area (Å²) in [7, 11) is -3.63. The summed E-state index contributed by atoms with van der Waals surface area (Å²) in [5.41, 5.74) is 0.117. The van der Waals surface area contributed by atoms with Gasteiger partial charge in [-0.25, -0.2) is 18.0 Å². The third-order valence-electron chi connectivity index (χ3n) is 4.94. The highest BCUT2D eigenvalue weighted by Gasteiger charge is 2.31. The Balaban J connectivity index is 1.54. The number of carbonyl (C=O) groups excluding carboxylic acids is 3. The lowest BCUT2D eigenvalue weighted by Gasteiger charge is -2.32. The Bertz CT molecular complexity index is 880. The zero-order valence-corrected chi connectivity index (χ0v) is 17.0. The maximum atomic E-state index is 12.8. The Morgan fingerprint density at radius 3 is 2.41 bits per heavy atom. The van der Waals surface area contributed by atoms with Gasteiger partial charge in [-0.1, -0.05) is 6.42 Å². The van der Waals surface area contributed by atoms with Gasteiger partial charge in [-0.2, -0.15) is 4.31 Å². The van der Waals surface area contributed by atoms with Crippen LogP contribution in [0, 0.1) is 0 Å². The number of benzene rings is 1. The van der Waals surface area contributed by atoms with Crippen LogP contribution in [0.4, 0.5) is 4.79 Å². The molecule has 158 valence electrons. The molecule has 0 bridgehead atoms. The molecule has 1 aliphatic heterocycles. The van der Waals surface area contributed by atoms with Crippen molar-refractivity contribution in [2.24, 2.45) is 0 Å². The largest absolute Gasteiger partial charge is 0.452 e. The molecule has 9 nitrogen and oxygen atoms in total. The fourth-order valence-corrected chi connectivity index (χ4v) is 4.85. The summed E-state index contributed by atoms with van der Waals surface area (Å²) >= 11 is 0. The number of ether oxygens (including phenoxy) is 1. The molecule has 3 amide bonds. The second-order valence-electron chi connectivity index (χ2n) is 7.36. The fraction of sp³-hybridized carbons (Fsp3) is 0.526. The van der Waals surface area contributed by atoms with E-state index in [0.29, 0.717) is 6.54 Å². The average Bonchev–Trinajstić information content (AvgIpc) is 3.50. The van der Waals surface area contributed by atoms with Crippen molar-refractivity contribution in [1.29, 1.82) is 0 Å². The molecular weight excluding hydrogens is 398 g/mol. The minimum atomic E-state index is -3.63. The number of imide groups is 1. The van der Waals surface area contributed by atoms with Crippen LogP contribution in [-0.2, 0) is 19.6 Å². The van der Waals surface area contributed by atoms with Crippen LogP contribution in [0.1, 0.15) is 49.4 Å². The molecule has 0 spiro atoms. The lowest BCUT2D eigenvalue weighted by molar-refractivity contribution is -0.123. The number of nitrogens with one attached hydrogen (secondary N) is 2. The maximum Gasteiger partial charge on any atom is 0.338 e. The van der Waals surface area contributed by atoms with Gasteiger partial charge in [-0.05, 0) is 56.9 Å². The summed E-state index contributed by atoms with van der Waals surface area (Å²) in [4.78, 5) is 35.3. The van der Waals surface area contributed by atoms with Gasteiger partial charge in [0.1, 0.15) is 0 Å². The van der Waals surface area contributed by atoms with Gasteiger partial charge in [0.05, 0.1) is 10.5 Å². The van der Waals surface area contributed by atoms with E-state index in [4.69, 9.17) is 4.74 Å². The number of sulfonamides is 1. The quantitative estimate of drug-likeness (QED) is 0.667. The number of piperidine rings is 1. The van der Waals surface area contributed by atoms with Crippen LogP contribution >= 0.6 is 0 Å². The van der Waals surface area contributed by atoms with Crippen molar-refractivity contribution in [2.75, 3.05) is 13.2 Å². The molecule has 1 saturated carbocycles. The van der Waals surface area contributed by atoms with Crippen molar-refractivity contribution in [3.05, 3.63) is 29.8 Å². The summed E-state index contributed by atoms with van der Waals surface area (Å²) in [5.74, 6) is -1.52. The first-order chi connectivity index (χ1) is 13.8. The van der Waals surface area contributed by atoms with Gasteiger partial charge in [0.25, 0.3) is 5.91 Å². The summed E-state index contributed by atoms with van der Waals surface area (Å²) in [6.07, 6.45) is 4.44. The number of hydrogen-bond donors (Lipinski definition) is 2. The topological polar surface area (TPSA) is 122 Å². The molecule has 1 aliphatic carbocycles. The first kappa shape index (κ1) is 21.3. The molecule has 2 N–H and O–H groups in total. The standard InChI is InChI=1S/C19H25N3O6S/c1-13-4-2-3-11-22(13)29(26,27)16-9-5-14(6-10-16)18(24)28-12-17(23)21-19(25)20-15-7-8-15/h5-6,9-10,13,15H,2-4,7-8,11-12H2,1H3,(H2,20,21,23,25)/t13-/m1/s1. The number of rotatable bonds is 6.